The smallest absolute Gasteiger partial charge is 0.410 e. The second-order valence-corrected chi connectivity index (χ2v) is 10.1. The molecular weight excluding hydrogens is 442 g/mol. The van der Waals surface area contributed by atoms with E-state index in [0.29, 0.717) is 57.9 Å². The van der Waals surface area contributed by atoms with Crippen molar-refractivity contribution in [1.82, 2.24) is 24.9 Å². The summed E-state index contributed by atoms with van der Waals surface area (Å²) in [7, 11) is 0. The Bertz CT molecular complexity index is 802. The molecule has 0 spiro atoms. The molecule has 0 aliphatic carbocycles. The lowest BCUT2D eigenvalue weighted by molar-refractivity contribution is -0.147. The van der Waals surface area contributed by atoms with Crippen molar-refractivity contribution in [2.75, 3.05) is 39.7 Å². The van der Waals surface area contributed by atoms with Gasteiger partial charge < -0.3 is 39.2 Å². The van der Waals surface area contributed by atoms with E-state index in [-0.39, 0.29) is 43.2 Å². The first-order valence-corrected chi connectivity index (χ1v) is 11.9. The molecule has 34 heavy (non-hydrogen) atoms. The highest BCUT2D eigenvalue weighted by Crippen LogP contribution is 2.29. The Labute approximate surface area is 201 Å². The maximum Gasteiger partial charge on any atom is 0.410 e. The highest BCUT2D eigenvalue weighted by atomic mass is 16.6. The average Bonchev–Trinajstić information content (AvgIpc) is 3.30. The Balaban J connectivity index is 1.40. The van der Waals surface area contributed by atoms with Crippen LogP contribution in [0.15, 0.2) is 11.9 Å². The molecule has 3 aliphatic rings. The van der Waals surface area contributed by atoms with Crippen LogP contribution < -0.4 is 5.32 Å². The van der Waals surface area contributed by atoms with Crippen molar-refractivity contribution in [3.05, 3.63) is 11.9 Å². The number of aldehydes is 1. The lowest BCUT2D eigenvalue weighted by Gasteiger charge is -2.37. The maximum atomic E-state index is 13.0. The zero-order valence-electron chi connectivity index (χ0n) is 20.6. The zero-order chi connectivity index (χ0) is 24.9. The van der Waals surface area contributed by atoms with Gasteiger partial charge in [-0.1, -0.05) is 0 Å². The lowest BCUT2D eigenvalue weighted by atomic mass is 10.0. The number of esters is 1. The van der Waals surface area contributed by atoms with Gasteiger partial charge in [-0.25, -0.2) is 4.79 Å². The number of carbonyl (C=O) groups is 4. The predicted octanol–water partition coefficient (Wildman–Crippen LogP) is 1.06. The number of rotatable bonds is 9. The molecule has 3 heterocycles. The first kappa shape index (κ1) is 25.8. The molecule has 190 valence electrons. The van der Waals surface area contributed by atoms with E-state index in [0.717, 1.165) is 6.29 Å². The van der Waals surface area contributed by atoms with Crippen LogP contribution in [0.4, 0.5) is 4.79 Å². The van der Waals surface area contributed by atoms with E-state index in [2.05, 4.69) is 5.32 Å². The molecule has 0 saturated carbocycles. The number of ether oxygens (including phenoxy) is 2. The van der Waals surface area contributed by atoms with Gasteiger partial charge in [-0.05, 0) is 40.5 Å². The molecule has 1 atom stereocenters. The van der Waals surface area contributed by atoms with Crippen molar-refractivity contribution in [3.63, 3.8) is 0 Å². The summed E-state index contributed by atoms with van der Waals surface area (Å²) in [5, 5.41) is 3.09. The summed E-state index contributed by atoms with van der Waals surface area (Å²) in [4.78, 5) is 55.0. The number of piperidine rings is 1. The predicted molar refractivity (Wildman–Crippen MR) is 123 cm³/mol. The van der Waals surface area contributed by atoms with Crippen LogP contribution in [0.3, 0.4) is 0 Å². The molecule has 0 bridgehead atoms. The lowest BCUT2D eigenvalue weighted by Crippen LogP contribution is -2.49. The van der Waals surface area contributed by atoms with Crippen LogP contribution in [0, 0.1) is 0 Å². The van der Waals surface area contributed by atoms with Crippen LogP contribution in [0.1, 0.15) is 53.4 Å². The molecule has 1 N–H and O–H groups in total. The number of nitrogens with one attached hydrogen (secondary N) is 1. The molecule has 11 nitrogen and oxygen atoms in total. The molecule has 2 amide bonds. The second-order valence-electron chi connectivity index (χ2n) is 10.1. The van der Waals surface area contributed by atoms with Crippen molar-refractivity contribution in [1.29, 1.82) is 0 Å². The van der Waals surface area contributed by atoms with Gasteiger partial charge in [0, 0.05) is 44.3 Å². The molecule has 3 aliphatic heterocycles. The quantitative estimate of drug-likeness (QED) is 0.383. The molecule has 1 unspecified atom stereocenters. The number of amides is 2. The third-order valence-corrected chi connectivity index (χ3v) is 6.02. The van der Waals surface area contributed by atoms with Crippen LogP contribution in [0.2, 0.25) is 0 Å². The van der Waals surface area contributed by atoms with E-state index in [1.54, 1.807) is 16.0 Å². The zero-order valence-corrected chi connectivity index (χ0v) is 20.6. The maximum absolute atomic E-state index is 13.0. The minimum absolute atomic E-state index is 0.0271. The number of likely N-dealkylation sites (tertiary alicyclic amines) is 1. The number of nitrogens with zero attached hydrogens (tertiary/aromatic N) is 4. The molecule has 0 radical (unpaired) electrons. The fraction of sp³-hybridized carbons (Fsp3) is 0.739. The van der Waals surface area contributed by atoms with E-state index in [4.69, 9.17) is 9.47 Å². The number of hydrogen-bond donors (Lipinski definition) is 1. The second kappa shape index (κ2) is 11.1. The molecule has 2 saturated heterocycles. The van der Waals surface area contributed by atoms with Gasteiger partial charge >= 0.3 is 12.1 Å². The SMILES string of the molecule is CC(CC=O)NCCC(=O)OCN1C=C2C(=O)N(C3CCN(C(=O)OC(C)(C)C)CC3)CN2C1. The molecule has 0 aromatic rings. The average molecular weight is 480 g/mol. The van der Waals surface area contributed by atoms with E-state index < -0.39 is 5.60 Å². The van der Waals surface area contributed by atoms with E-state index in [1.165, 1.54) is 0 Å². The Kier molecular flexibility index (Phi) is 8.40. The van der Waals surface area contributed by atoms with Crippen LogP contribution in [0.5, 0.6) is 0 Å². The van der Waals surface area contributed by atoms with Gasteiger partial charge in [0.05, 0.1) is 19.8 Å². The van der Waals surface area contributed by atoms with Gasteiger partial charge in [0.1, 0.15) is 17.6 Å². The van der Waals surface area contributed by atoms with Crippen molar-refractivity contribution in [2.24, 2.45) is 0 Å². The first-order chi connectivity index (χ1) is 16.1. The first-order valence-electron chi connectivity index (χ1n) is 11.9. The fourth-order valence-corrected chi connectivity index (χ4v) is 4.22. The summed E-state index contributed by atoms with van der Waals surface area (Å²) >= 11 is 0. The third kappa shape index (κ3) is 6.85. The Morgan fingerprint density at radius 2 is 1.94 bits per heavy atom. The Morgan fingerprint density at radius 3 is 2.56 bits per heavy atom. The van der Waals surface area contributed by atoms with Gasteiger partial charge in [0.25, 0.3) is 5.91 Å². The standard InChI is InChI=1S/C23H37N5O6/c1-17(8-12-29)24-9-5-20(30)33-16-25-13-19-21(31)28(15-27(19)14-25)18-6-10-26(11-7-18)22(32)34-23(2,3)4/h12-13,17-18,24H,5-11,14-16H2,1-4H3. The summed E-state index contributed by atoms with van der Waals surface area (Å²) in [6.07, 6.45) is 4.33. The van der Waals surface area contributed by atoms with Gasteiger partial charge in [-0.2, -0.15) is 0 Å². The minimum Gasteiger partial charge on any atom is -0.444 e. The topological polar surface area (TPSA) is 112 Å². The highest BCUT2D eigenvalue weighted by molar-refractivity contribution is 5.95. The molecule has 0 aromatic heterocycles. The van der Waals surface area contributed by atoms with Crippen molar-refractivity contribution in [2.45, 2.75) is 71.1 Å². The number of carbonyl (C=O) groups excluding carboxylic acids is 4. The molecule has 11 heteroatoms. The van der Waals surface area contributed by atoms with Crippen LogP contribution in [0.25, 0.3) is 0 Å². The monoisotopic (exact) mass is 479 g/mol. The van der Waals surface area contributed by atoms with E-state index >= 15 is 0 Å². The summed E-state index contributed by atoms with van der Waals surface area (Å²) < 4.78 is 10.8. The van der Waals surface area contributed by atoms with Crippen LogP contribution >= 0.6 is 0 Å². The molecule has 0 aromatic carbocycles. The molecule has 3 rings (SSSR count). The third-order valence-electron chi connectivity index (χ3n) is 6.02. The van der Waals surface area contributed by atoms with Crippen LogP contribution in [-0.2, 0) is 23.9 Å². The van der Waals surface area contributed by atoms with Gasteiger partial charge in [0.15, 0.2) is 6.73 Å². The Morgan fingerprint density at radius 1 is 1.24 bits per heavy atom. The van der Waals surface area contributed by atoms with Crippen molar-refractivity contribution < 1.29 is 28.7 Å². The summed E-state index contributed by atoms with van der Waals surface area (Å²) in [5.41, 5.74) is 0.0815. The van der Waals surface area contributed by atoms with Crippen LogP contribution in [-0.4, -0.2) is 101 Å². The summed E-state index contributed by atoms with van der Waals surface area (Å²) in [5.74, 6) is -0.362. The summed E-state index contributed by atoms with van der Waals surface area (Å²) in [6, 6.07) is 0.109. The van der Waals surface area contributed by atoms with Gasteiger partial charge in [-0.3, -0.25) is 9.59 Å². The largest absolute Gasteiger partial charge is 0.444 e. The van der Waals surface area contributed by atoms with Gasteiger partial charge in [-0.15, -0.1) is 0 Å². The van der Waals surface area contributed by atoms with Crippen molar-refractivity contribution in [3.8, 4) is 0 Å². The Hall–Kier alpha value is -2.82. The minimum atomic E-state index is -0.525. The van der Waals surface area contributed by atoms with Crippen molar-refractivity contribution >= 4 is 24.3 Å². The number of fused-ring (bicyclic) bond motifs is 1. The molecule has 2 fully saturated rings. The van der Waals surface area contributed by atoms with Gasteiger partial charge in [0.2, 0.25) is 0 Å². The normalized spacial score (nSPS) is 19.8. The van der Waals surface area contributed by atoms with E-state index in [1.807, 2.05) is 37.5 Å². The highest BCUT2D eigenvalue weighted by Gasteiger charge is 2.42. The fourth-order valence-electron chi connectivity index (χ4n) is 4.22. The summed E-state index contributed by atoms with van der Waals surface area (Å²) in [6.45, 7) is 10.1. The number of hydrogen-bond acceptors (Lipinski definition) is 9. The van der Waals surface area contributed by atoms with E-state index in [9.17, 15) is 19.2 Å². The molecular formula is C23H37N5O6.